The van der Waals surface area contributed by atoms with Gasteiger partial charge in [-0.15, -0.1) is 0 Å². The Labute approximate surface area is 128 Å². The maximum atomic E-state index is 6.18. The molecule has 1 atom stereocenters. The van der Waals surface area contributed by atoms with Gasteiger partial charge in [-0.3, -0.25) is 4.98 Å². The monoisotopic (exact) mass is 388 g/mol. The number of benzene rings is 1. The molecule has 0 saturated heterocycles. The van der Waals surface area contributed by atoms with Gasteiger partial charge in [0.2, 0.25) is 0 Å². The molecule has 0 amide bonds. The van der Waals surface area contributed by atoms with E-state index in [1.165, 1.54) is 0 Å². The molecule has 0 aliphatic carbocycles. The summed E-state index contributed by atoms with van der Waals surface area (Å²) < 4.78 is 1.91. The van der Waals surface area contributed by atoms with Crippen molar-refractivity contribution in [2.75, 3.05) is 0 Å². The van der Waals surface area contributed by atoms with E-state index in [2.05, 4.69) is 36.8 Å². The van der Waals surface area contributed by atoms with Crippen LogP contribution in [0.25, 0.3) is 0 Å². The van der Waals surface area contributed by atoms with E-state index in [0.29, 0.717) is 11.4 Å². The van der Waals surface area contributed by atoms with Crippen LogP contribution in [0.2, 0.25) is 5.02 Å². The molecule has 0 spiro atoms. The molecule has 1 unspecified atom stereocenters. The highest BCUT2D eigenvalue weighted by molar-refractivity contribution is 9.10. The lowest BCUT2D eigenvalue weighted by Gasteiger charge is -2.13. The molecule has 5 heteroatoms. The van der Waals surface area contributed by atoms with Gasteiger partial charge in [0.1, 0.15) is 0 Å². The Morgan fingerprint density at radius 2 is 1.89 bits per heavy atom. The molecule has 2 nitrogen and oxygen atoms in total. The summed E-state index contributed by atoms with van der Waals surface area (Å²) in [5.41, 5.74) is 8.05. The van der Waals surface area contributed by atoms with Gasteiger partial charge in [0.15, 0.2) is 0 Å². The lowest BCUT2D eigenvalue weighted by atomic mass is 10.0. The Morgan fingerprint density at radius 1 is 1.17 bits per heavy atom. The Hall–Kier alpha value is -0.420. The number of rotatable bonds is 3. The van der Waals surface area contributed by atoms with Crippen LogP contribution in [-0.4, -0.2) is 4.98 Å². The van der Waals surface area contributed by atoms with Crippen molar-refractivity contribution in [3.8, 4) is 0 Å². The van der Waals surface area contributed by atoms with E-state index >= 15 is 0 Å². The molecule has 1 heterocycles. The van der Waals surface area contributed by atoms with Crippen LogP contribution in [0.5, 0.6) is 0 Å². The zero-order chi connectivity index (χ0) is 13.1. The van der Waals surface area contributed by atoms with Crippen LogP contribution in [0.4, 0.5) is 0 Å². The molecule has 0 saturated carbocycles. The number of nitrogens with zero attached hydrogens (tertiary/aromatic N) is 1. The molecule has 0 aliphatic heterocycles. The minimum absolute atomic E-state index is 0.153. The second-order valence-electron chi connectivity index (χ2n) is 3.94. The smallest absolute Gasteiger partial charge is 0.0465 e. The Balaban J connectivity index is 2.16. The molecule has 2 aromatic rings. The summed E-state index contributed by atoms with van der Waals surface area (Å²) in [6.07, 6.45) is 2.43. The third kappa shape index (κ3) is 3.54. The first kappa shape index (κ1) is 14.0. The minimum Gasteiger partial charge on any atom is -0.324 e. The quantitative estimate of drug-likeness (QED) is 0.838. The third-order valence-electron chi connectivity index (χ3n) is 2.58. The van der Waals surface area contributed by atoms with E-state index in [0.717, 1.165) is 20.2 Å². The summed E-state index contributed by atoms with van der Waals surface area (Å²) in [5.74, 6) is 0. The van der Waals surface area contributed by atoms with Crippen molar-refractivity contribution in [1.82, 2.24) is 4.98 Å². The van der Waals surface area contributed by atoms with Crippen LogP contribution in [0.15, 0.2) is 45.5 Å². The highest BCUT2D eigenvalue weighted by atomic mass is 79.9. The number of hydrogen-bond acceptors (Lipinski definition) is 2. The predicted molar refractivity (Wildman–Crippen MR) is 81.7 cm³/mol. The van der Waals surface area contributed by atoms with Crippen LogP contribution >= 0.6 is 43.5 Å². The highest BCUT2D eigenvalue weighted by Gasteiger charge is 2.11. The fourth-order valence-electron chi connectivity index (χ4n) is 1.66. The molecule has 0 fully saturated rings. The number of halogens is 3. The molecular weight excluding hydrogens is 379 g/mol. The molecule has 94 valence electrons. The zero-order valence-electron chi connectivity index (χ0n) is 9.41. The molecule has 0 aliphatic rings. The number of aromatic nitrogens is 1. The lowest BCUT2D eigenvalue weighted by molar-refractivity contribution is 0.706. The molecule has 1 aromatic heterocycles. The van der Waals surface area contributed by atoms with E-state index in [4.69, 9.17) is 17.3 Å². The van der Waals surface area contributed by atoms with Crippen LogP contribution in [0.3, 0.4) is 0 Å². The van der Waals surface area contributed by atoms with Gasteiger partial charge in [0.05, 0.1) is 0 Å². The molecule has 0 radical (unpaired) electrons. The average Bonchev–Trinajstić information content (AvgIpc) is 2.32. The summed E-state index contributed by atoms with van der Waals surface area (Å²) in [6.45, 7) is 0. The molecule has 18 heavy (non-hydrogen) atoms. The Morgan fingerprint density at radius 3 is 2.50 bits per heavy atom. The zero-order valence-corrected chi connectivity index (χ0v) is 13.3. The number of hydrogen-bond donors (Lipinski definition) is 1. The molecular formula is C13H11Br2ClN2. The van der Waals surface area contributed by atoms with Crippen LogP contribution < -0.4 is 5.73 Å². The Kier molecular flexibility index (Phi) is 4.78. The van der Waals surface area contributed by atoms with Gasteiger partial charge < -0.3 is 5.73 Å². The van der Waals surface area contributed by atoms with Crippen molar-refractivity contribution >= 4 is 43.5 Å². The van der Waals surface area contributed by atoms with Crippen LogP contribution in [0, 0.1) is 0 Å². The highest BCUT2D eigenvalue weighted by Crippen LogP contribution is 2.27. The van der Waals surface area contributed by atoms with Gasteiger partial charge in [0.25, 0.3) is 0 Å². The molecule has 1 aromatic carbocycles. The minimum atomic E-state index is -0.153. The van der Waals surface area contributed by atoms with E-state index in [1.807, 2.05) is 30.3 Å². The number of nitrogens with two attached hydrogens (primary N) is 1. The fourth-order valence-corrected chi connectivity index (χ4v) is 2.71. The van der Waals surface area contributed by atoms with Gasteiger partial charge >= 0.3 is 0 Å². The second-order valence-corrected chi connectivity index (χ2v) is 6.18. The molecule has 2 N–H and O–H groups in total. The van der Waals surface area contributed by atoms with Gasteiger partial charge in [0, 0.05) is 38.3 Å². The largest absolute Gasteiger partial charge is 0.324 e. The first-order valence-corrected chi connectivity index (χ1v) is 7.33. The summed E-state index contributed by atoms with van der Waals surface area (Å²) >= 11 is 12.9. The summed E-state index contributed by atoms with van der Waals surface area (Å²) in [6, 6.07) is 9.49. The Bertz CT molecular complexity index is 543. The van der Waals surface area contributed by atoms with Gasteiger partial charge in [-0.25, -0.2) is 0 Å². The van der Waals surface area contributed by atoms with E-state index in [-0.39, 0.29) is 6.04 Å². The van der Waals surface area contributed by atoms with Crippen LogP contribution in [-0.2, 0) is 6.42 Å². The fraction of sp³-hybridized carbons (Fsp3) is 0.154. The maximum Gasteiger partial charge on any atom is 0.0465 e. The summed E-state index contributed by atoms with van der Waals surface area (Å²) in [7, 11) is 0. The number of pyridine rings is 1. The van der Waals surface area contributed by atoms with Crippen molar-refractivity contribution in [2.24, 2.45) is 5.73 Å². The van der Waals surface area contributed by atoms with Crippen molar-refractivity contribution in [2.45, 2.75) is 12.5 Å². The van der Waals surface area contributed by atoms with Gasteiger partial charge in [-0.2, -0.15) is 0 Å². The first-order valence-electron chi connectivity index (χ1n) is 5.37. The van der Waals surface area contributed by atoms with Crippen molar-refractivity contribution < 1.29 is 0 Å². The van der Waals surface area contributed by atoms with Crippen molar-refractivity contribution in [3.05, 3.63) is 61.8 Å². The summed E-state index contributed by atoms with van der Waals surface area (Å²) in [5, 5.41) is 0.675. The van der Waals surface area contributed by atoms with E-state index in [1.54, 1.807) is 6.20 Å². The maximum absolute atomic E-state index is 6.18. The normalized spacial score (nSPS) is 12.4. The summed E-state index contributed by atoms with van der Waals surface area (Å²) in [4.78, 5) is 4.31. The standard InChI is InChI=1S/C13H11Br2ClN2/c14-8-2-4-11(12(16)5-8)13(17)6-10-3-1-9(15)7-18-10/h1-5,7,13H,6,17H2. The van der Waals surface area contributed by atoms with Gasteiger partial charge in [-0.1, -0.05) is 33.6 Å². The topological polar surface area (TPSA) is 38.9 Å². The van der Waals surface area contributed by atoms with E-state index in [9.17, 15) is 0 Å². The molecule has 0 bridgehead atoms. The van der Waals surface area contributed by atoms with E-state index < -0.39 is 0 Å². The van der Waals surface area contributed by atoms with Crippen molar-refractivity contribution in [3.63, 3.8) is 0 Å². The average molecular weight is 391 g/mol. The lowest BCUT2D eigenvalue weighted by Crippen LogP contribution is -2.14. The second kappa shape index (κ2) is 6.15. The van der Waals surface area contributed by atoms with Crippen molar-refractivity contribution in [1.29, 1.82) is 0 Å². The first-order chi connectivity index (χ1) is 8.56. The SMILES string of the molecule is NC(Cc1ccc(Br)cn1)c1ccc(Br)cc1Cl. The molecule has 2 rings (SSSR count). The van der Waals surface area contributed by atoms with Crippen LogP contribution in [0.1, 0.15) is 17.3 Å². The van der Waals surface area contributed by atoms with Gasteiger partial charge in [-0.05, 0) is 45.8 Å². The predicted octanol–water partition coefficient (Wildman–Crippen LogP) is 4.50. The third-order valence-corrected chi connectivity index (χ3v) is 3.87.